The zero-order chi connectivity index (χ0) is 27.7. The summed E-state index contributed by atoms with van der Waals surface area (Å²) in [6.45, 7) is 2.25. The molecular weight excluding hydrogens is 509 g/mol. The van der Waals surface area contributed by atoms with E-state index >= 15 is 0 Å². The van der Waals surface area contributed by atoms with E-state index < -0.39 is 11.6 Å². The minimum atomic E-state index is -0.588. The molecule has 3 unspecified atom stereocenters. The lowest BCUT2D eigenvalue weighted by atomic mass is 9.84. The normalized spacial score (nSPS) is 26.4. The number of hydrogen-bond donors (Lipinski definition) is 3. The van der Waals surface area contributed by atoms with Gasteiger partial charge in [0.25, 0.3) is 5.91 Å². The smallest absolute Gasteiger partial charge is 0.251 e. The molecule has 2 aromatic carbocycles. The fourth-order valence-corrected chi connectivity index (χ4v) is 6.45. The van der Waals surface area contributed by atoms with Crippen molar-refractivity contribution in [3.8, 4) is 5.69 Å². The van der Waals surface area contributed by atoms with Crippen LogP contribution in [0.5, 0.6) is 0 Å². The zero-order valence-corrected chi connectivity index (χ0v) is 22.7. The van der Waals surface area contributed by atoms with Crippen molar-refractivity contribution in [2.45, 2.75) is 61.7 Å². The van der Waals surface area contributed by atoms with Gasteiger partial charge in [-0.05, 0) is 87.7 Å². The van der Waals surface area contributed by atoms with Gasteiger partial charge in [-0.1, -0.05) is 17.3 Å². The number of rotatable bonds is 11. The fraction of sp³-hybridized carbons (Fsp3) is 0.467. The Bertz CT molecular complexity index is 1330. The second-order valence-electron chi connectivity index (χ2n) is 11.3. The average Bonchev–Trinajstić information content (AvgIpc) is 3.49. The van der Waals surface area contributed by atoms with Gasteiger partial charge in [-0.3, -0.25) is 14.5 Å². The molecule has 10 heteroatoms. The molecule has 0 radical (unpaired) electrons. The van der Waals surface area contributed by atoms with Crippen LogP contribution in [-0.2, 0) is 4.79 Å². The van der Waals surface area contributed by atoms with E-state index in [1.165, 1.54) is 12.1 Å². The first-order chi connectivity index (χ1) is 19.4. The molecule has 3 aromatic rings. The molecule has 2 aliphatic heterocycles. The molecule has 3 heterocycles. The lowest BCUT2D eigenvalue weighted by Crippen LogP contribution is -2.66. The van der Waals surface area contributed by atoms with Crippen molar-refractivity contribution >= 4 is 11.7 Å². The number of amides is 1. The predicted octanol–water partition coefficient (Wildman–Crippen LogP) is 2.44. The summed E-state index contributed by atoms with van der Waals surface area (Å²) in [4.78, 5) is 29.7. The topological polar surface area (TPSA) is 104 Å². The predicted molar refractivity (Wildman–Crippen MR) is 149 cm³/mol. The molecule has 3 aliphatic rings. The number of benzene rings is 2. The first kappa shape index (κ1) is 26.7. The number of hydrogen-bond acceptors (Lipinski definition) is 7. The number of carbonyl (C=O) groups excluding carboxylic acids is 2. The Labute approximate surface area is 233 Å². The summed E-state index contributed by atoms with van der Waals surface area (Å²) in [7, 11) is 2.04. The molecule has 0 spiro atoms. The van der Waals surface area contributed by atoms with Gasteiger partial charge in [-0.2, -0.15) is 0 Å². The number of likely N-dealkylation sites (N-methyl/N-ethyl adjacent to an activating group) is 1. The van der Waals surface area contributed by atoms with Gasteiger partial charge in [-0.15, -0.1) is 5.10 Å². The molecular formula is C30H36FN7O2. The molecule has 210 valence electrons. The molecule has 40 heavy (non-hydrogen) atoms. The van der Waals surface area contributed by atoms with Crippen molar-refractivity contribution in [3.05, 3.63) is 77.9 Å². The molecule has 1 amide bonds. The maximum atomic E-state index is 14.1. The molecule has 2 saturated heterocycles. The van der Waals surface area contributed by atoms with Crippen LogP contribution in [0.3, 0.4) is 0 Å². The highest BCUT2D eigenvalue weighted by Crippen LogP contribution is 2.41. The van der Waals surface area contributed by atoms with Crippen LogP contribution in [0.15, 0.2) is 60.9 Å². The lowest BCUT2D eigenvalue weighted by Gasteiger charge is -2.43. The highest BCUT2D eigenvalue weighted by atomic mass is 19.1. The number of nitrogens with zero attached hydrogens (tertiary/aromatic N) is 4. The lowest BCUT2D eigenvalue weighted by molar-refractivity contribution is -0.132. The molecule has 2 bridgehead atoms. The van der Waals surface area contributed by atoms with Gasteiger partial charge in [0.1, 0.15) is 5.82 Å². The van der Waals surface area contributed by atoms with Crippen LogP contribution in [0.1, 0.15) is 53.9 Å². The van der Waals surface area contributed by atoms with Crippen LogP contribution in [0.4, 0.5) is 4.39 Å². The SMILES string of the molecule is CN1C2CCC1(C(=O)C(CCCN[C@@H]1C[C@H]1c1ccc(F)cc1)NC(=O)c1ccc(-n3ccnn3)cc1)CNC2. The van der Waals surface area contributed by atoms with E-state index in [-0.39, 0.29) is 17.5 Å². The number of aromatic nitrogens is 3. The number of ketones is 1. The summed E-state index contributed by atoms with van der Waals surface area (Å²) in [6.07, 6.45) is 7.46. The Kier molecular flexibility index (Phi) is 7.48. The summed E-state index contributed by atoms with van der Waals surface area (Å²) >= 11 is 0. The number of Topliss-reactive ketones (excluding diaryl/α,β-unsaturated/α-hetero) is 1. The minimum absolute atomic E-state index is 0.0906. The van der Waals surface area contributed by atoms with Gasteiger partial charge in [0.05, 0.1) is 29.7 Å². The summed E-state index contributed by atoms with van der Waals surface area (Å²) in [6, 6.07) is 14.0. The molecule has 6 rings (SSSR count). The van der Waals surface area contributed by atoms with Crippen molar-refractivity contribution in [1.82, 2.24) is 35.8 Å². The molecule has 1 aliphatic carbocycles. The number of piperazine rings is 1. The Balaban J connectivity index is 1.10. The van der Waals surface area contributed by atoms with Crippen LogP contribution in [0, 0.1) is 5.82 Å². The second kappa shape index (κ2) is 11.2. The Hall–Kier alpha value is -3.47. The van der Waals surface area contributed by atoms with E-state index in [2.05, 4.69) is 31.2 Å². The summed E-state index contributed by atoms with van der Waals surface area (Å²) in [5.74, 6) is 0.0134. The van der Waals surface area contributed by atoms with Crippen molar-refractivity contribution in [3.63, 3.8) is 0 Å². The maximum Gasteiger partial charge on any atom is 0.251 e. The second-order valence-corrected chi connectivity index (χ2v) is 11.3. The van der Waals surface area contributed by atoms with Crippen LogP contribution in [0.2, 0.25) is 0 Å². The number of nitrogens with one attached hydrogen (secondary N) is 3. The monoisotopic (exact) mass is 545 g/mol. The number of fused-ring (bicyclic) bond motifs is 2. The average molecular weight is 546 g/mol. The molecule has 3 N–H and O–H groups in total. The highest BCUT2D eigenvalue weighted by Gasteiger charge is 2.53. The molecule has 1 saturated carbocycles. The summed E-state index contributed by atoms with van der Waals surface area (Å²) in [5.41, 5.74) is 1.86. The van der Waals surface area contributed by atoms with E-state index in [1.54, 1.807) is 29.2 Å². The third kappa shape index (κ3) is 5.31. The summed E-state index contributed by atoms with van der Waals surface area (Å²) in [5, 5.41) is 17.9. The van der Waals surface area contributed by atoms with E-state index in [0.29, 0.717) is 36.5 Å². The van der Waals surface area contributed by atoms with Crippen LogP contribution < -0.4 is 16.0 Å². The number of halogens is 1. The van der Waals surface area contributed by atoms with Crippen molar-refractivity contribution in [1.29, 1.82) is 0 Å². The van der Waals surface area contributed by atoms with Crippen molar-refractivity contribution in [2.75, 3.05) is 26.7 Å². The van der Waals surface area contributed by atoms with Gasteiger partial charge in [0, 0.05) is 36.7 Å². The van der Waals surface area contributed by atoms with Crippen LogP contribution >= 0.6 is 0 Å². The van der Waals surface area contributed by atoms with Gasteiger partial charge >= 0.3 is 0 Å². The first-order valence-electron chi connectivity index (χ1n) is 14.2. The Morgan fingerprint density at radius 1 is 1.18 bits per heavy atom. The van der Waals surface area contributed by atoms with Gasteiger partial charge in [0.15, 0.2) is 5.78 Å². The molecule has 3 fully saturated rings. The van der Waals surface area contributed by atoms with Gasteiger partial charge in [0.2, 0.25) is 0 Å². The Morgan fingerprint density at radius 3 is 2.73 bits per heavy atom. The van der Waals surface area contributed by atoms with E-state index in [1.807, 2.05) is 31.3 Å². The van der Waals surface area contributed by atoms with Gasteiger partial charge in [-0.25, -0.2) is 9.07 Å². The molecule has 9 nitrogen and oxygen atoms in total. The van der Waals surface area contributed by atoms with E-state index in [9.17, 15) is 14.0 Å². The van der Waals surface area contributed by atoms with Crippen molar-refractivity contribution < 1.29 is 14.0 Å². The minimum Gasteiger partial charge on any atom is -0.342 e. The fourth-order valence-electron chi connectivity index (χ4n) is 6.45. The third-order valence-corrected chi connectivity index (χ3v) is 8.97. The third-order valence-electron chi connectivity index (χ3n) is 8.97. The highest BCUT2D eigenvalue weighted by molar-refractivity contribution is 6.01. The maximum absolute atomic E-state index is 14.1. The largest absolute Gasteiger partial charge is 0.342 e. The Morgan fingerprint density at radius 2 is 1.98 bits per heavy atom. The molecule has 5 atom stereocenters. The summed E-state index contributed by atoms with van der Waals surface area (Å²) < 4.78 is 14.9. The van der Waals surface area contributed by atoms with E-state index in [0.717, 1.165) is 50.0 Å². The van der Waals surface area contributed by atoms with Crippen LogP contribution in [0.25, 0.3) is 5.69 Å². The van der Waals surface area contributed by atoms with Crippen molar-refractivity contribution in [2.24, 2.45) is 0 Å². The standard InChI is InChI=1S/C30H36FN7O2/c1-37-24-12-13-30(37,19-32-18-24)28(39)26(3-2-14-33-27-17-25(27)20-4-8-22(31)9-5-20)35-29(40)21-6-10-23(11-7-21)38-16-15-34-36-38/h4-11,15-16,24-27,32-33H,2-3,12-14,17-19H2,1H3,(H,35,40)/t24?,25-,26?,27+,30?/m0/s1. The quantitative estimate of drug-likeness (QED) is 0.318. The number of carbonyl (C=O) groups is 2. The first-order valence-corrected chi connectivity index (χ1v) is 14.2. The zero-order valence-electron chi connectivity index (χ0n) is 22.7. The van der Waals surface area contributed by atoms with Crippen LogP contribution in [-0.4, -0.2) is 81.9 Å². The van der Waals surface area contributed by atoms with E-state index in [4.69, 9.17) is 0 Å². The molecule has 1 aromatic heterocycles. The van der Waals surface area contributed by atoms with Gasteiger partial charge < -0.3 is 16.0 Å².